The molecule has 0 radical (unpaired) electrons. The first-order valence-corrected chi connectivity index (χ1v) is 12.1. The number of ether oxygens (including phenoxy) is 1. The predicted octanol–water partition coefficient (Wildman–Crippen LogP) is 6.10. The number of amides is 1. The molecule has 1 aromatic heterocycles. The van der Waals surface area contributed by atoms with E-state index in [0.717, 1.165) is 24.8 Å². The van der Waals surface area contributed by atoms with Crippen LogP contribution in [0.4, 0.5) is 5.69 Å². The minimum absolute atomic E-state index is 0.0701. The van der Waals surface area contributed by atoms with Crippen molar-refractivity contribution in [2.45, 2.75) is 39.2 Å². The second kappa shape index (κ2) is 10.7. The van der Waals surface area contributed by atoms with E-state index in [9.17, 15) is 14.7 Å². The number of anilines is 1. The highest BCUT2D eigenvalue weighted by Gasteiger charge is 2.47. The summed E-state index contributed by atoms with van der Waals surface area (Å²) in [6, 6.07) is 16.7. The number of benzene rings is 2. The summed E-state index contributed by atoms with van der Waals surface area (Å²) in [5.74, 6) is -1.41. The summed E-state index contributed by atoms with van der Waals surface area (Å²) in [5.41, 5.74) is 2.31. The minimum Gasteiger partial charge on any atom is -0.507 e. The maximum Gasteiger partial charge on any atom is 0.300 e. The Kier molecular flexibility index (Phi) is 7.51. The van der Waals surface area contributed by atoms with Crippen molar-refractivity contribution >= 4 is 34.7 Å². The summed E-state index contributed by atoms with van der Waals surface area (Å²) in [6.45, 7) is 4.40. The Morgan fingerprint density at radius 2 is 1.86 bits per heavy atom. The van der Waals surface area contributed by atoms with Gasteiger partial charge in [0.05, 0.1) is 22.9 Å². The van der Waals surface area contributed by atoms with Gasteiger partial charge in [0.25, 0.3) is 11.7 Å². The van der Waals surface area contributed by atoms with Gasteiger partial charge in [-0.25, -0.2) is 0 Å². The van der Waals surface area contributed by atoms with E-state index in [1.54, 1.807) is 42.6 Å². The normalized spacial score (nSPS) is 17.1. The number of rotatable bonds is 8. The van der Waals surface area contributed by atoms with Crippen LogP contribution in [-0.2, 0) is 16.0 Å². The first-order valence-electron chi connectivity index (χ1n) is 11.7. The lowest BCUT2D eigenvalue weighted by Crippen LogP contribution is -2.29. The summed E-state index contributed by atoms with van der Waals surface area (Å²) in [7, 11) is 0. The molecule has 4 rings (SSSR count). The second-order valence-corrected chi connectivity index (χ2v) is 8.68. The molecular weight excluding hydrogens is 464 g/mol. The molecule has 1 saturated heterocycles. The summed E-state index contributed by atoms with van der Waals surface area (Å²) in [6.07, 6.45) is 4.68. The summed E-state index contributed by atoms with van der Waals surface area (Å²) >= 11 is 6.38. The molecule has 1 fully saturated rings. The van der Waals surface area contributed by atoms with Gasteiger partial charge in [-0.15, -0.1) is 0 Å². The van der Waals surface area contributed by atoms with Gasteiger partial charge in [0.2, 0.25) is 0 Å². The van der Waals surface area contributed by atoms with Crippen LogP contribution in [0.25, 0.3) is 5.76 Å². The zero-order valence-corrected chi connectivity index (χ0v) is 20.5. The quantitative estimate of drug-likeness (QED) is 0.234. The third-order valence-corrected chi connectivity index (χ3v) is 6.28. The summed E-state index contributed by atoms with van der Waals surface area (Å²) in [5, 5.41) is 11.6. The second-order valence-electron chi connectivity index (χ2n) is 8.27. The van der Waals surface area contributed by atoms with Crippen LogP contribution in [0.15, 0.2) is 72.4 Å². The molecule has 35 heavy (non-hydrogen) atoms. The third kappa shape index (κ3) is 4.93. The molecule has 0 saturated carbocycles. The molecule has 3 aromatic rings. The molecule has 0 aliphatic carbocycles. The van der Waals surface area contributed by atoms with Crippen LogP contribution in [0.5, 0.6) is 5.75 Å². The number of halogens is 1. The Bertz CT molecular complexity index is 1260. The van der Waals surface area contributed by atoms with Crippen LogP contribution < -0.4 is 9.64 Å². The highest BCUT2D eigenvalue weighted by molar-refractivity contribution is 6.52. The SMILES string of the molecule is CCCCc1ccc(N2C(=O)C(=O)/C(=C(/O)c3cc(OCC)ccc3Cl)C2c2ccccn2)cc1. The lowest BCUT2D eigenvalue weighted by Gasteiger charge is -2.25. The van der Waals surface area contributed by atoms with Gasteiger partial charge in [0.15, 0.2) is 0 Å². The maximum atomic E-state index is 13.3. The number of ketones is 1. The van der Waals surface area contributed by atoms with E-state index >= 15 is 0 Å². The largest absolute Gasteiger partial charge is 0.507 e. The number of nitrogens with zero attached hydrogens (tertiary/aromatic N) is 2. The molecule has 0 bridgehead atoms. The number of aromatic nitrogens is 1. The lowest BCUT2D eigenvalue weighted by atomic mass is 9.98. The first-order chi connectivity index (χ1) is 17.0. The van der Waals surface area contributed by atoms with Gasteiger partial charge in [-0.05, 0) is 67.8 Å². The van der Waals surface area contributed by atoms with Gasteiger partial charge in [-0.3, -0.25) is 19.5 Å². The Morgan fingerprint density at radius 1 is 1.09 bits per heavy atom. The Hall–Kier alpha value is -3.64. The molecule has 1 unspecified atom stereocenters. The topological polar surface area (TPSA) is 79.7 Å². The predicted molar refractivity (Wildman–Crippen MR) is 137 cm³/mol. The van der Waals surface area contributed by atoms with E-state index in [1.165, 1.54) is 4.90 Å². The zero-order chi connectivity index (χ0) is 24.9. The lowest BCUT2D eigenvalue weighted by molar-refractivity contribution is -0.132. The molecule has 2 aromatic carbocycles. The first kappa shape index (κ1) is 24.5. The number of aryl methyl sites for hydroxylation is 1. The van der Waals surface area contributed by atoms with Gasteiger partial charge >= 0.3 is 0 Å². The van der Waals surface area contributed by atoms with Crippen molar-refractivity contribution in [1.82, 2.24) is 4.98 Å². The number of hydrogen-bond donors (Lipinski definition) is 1. The number of carbonyl (C=O) groups is 2. The number of Topliss-reactive ketones (excluding diaryl/α,β-unsaturated/α-hetero) is 1. The number of aliphatic hydroxyl groups excluding tert-OH is 1. The van der Waals surface area contributed by atoms with Crippen molar-refractivity contribution in [2.75, 3.05) is 11.5 Å². The molecule has 6 nitrogen and oxygen atoms in total. The van der Waals surface area contributed by atoms with Crippen LogP contribution in [0, 0.1) is 0 Å². The van der Waals surface area contributed by atoms with E-state index < -0.39 is 17.7 Å². The molecule has 1 atom stereocenters. The van der Waals surface area contributed by atoms with Crippen LogP contribution in [-0.4, -0.2) is 28.4 Å². The van der Waals surface area contributed by atoms with Gasteiger partial charge < -0.3 is 9.84 Å². The van der Waals surface area contributed by atoms with E-state index in [4.69, 9.17) is 16.3 Å². The standard InChI is InChI=1S/C28H27ClN2O4/c1-3-5-8-18-10-12-19(13-11-18)31-25(23-9-6-7-16-30-23)24(27(33)28(31)34)26(32)21-17-20(35-4-2)14-15-22(21)29/h6-7,9-17,25,32H,3-5,8H2,1-2H3/b26-24+. The average Bonchev–Trinajstić information content (AvgIpc) is 3.15. The smallest absolute Gasteiger partial charge is 0.300 e. The molecule has 1 N–H and O–H groups in total. The van der Waals surface area contributed by atoms with Crippen LogP contribution in [0.3, 0.4) is 0 Å². The fourth-order valence-electron chi connectivity index (χ4n) is 4.21. The molecule has 2 heterocycles. The number of pyridine rings is 1. The van der Waals surface area contributed by atoms with E-state index in [2.05, 4.69) is 11.9 Å². The highest BCUT2D eigenvalue weighted by Crippen LogP contribution is 2.42. The fraction of sp³-hybridized carbons (Fsp3) is 0.250. The molecule has 7 heteroatoms. The Labute approximate surface area is 209 Å². The van der Waals surface area contributed by atoms with Gasteiger partial charge in [-0.2, -0.15) is 0 Å². The maximum absolute atomic E-state index is 13.3. The van der Waals surface area contributed by atoms with Gasteiger partial charge in [0.1, 0.15) is 17.6 Å². The van der Waals surface area contributed by atoms with Crippen LogP contribution in [0.2, 0.25) is 5.02 Å². The van der Waals surface area contributed by atoms with Crippen LogP contribution >= 0.6 is 11.6 Å². The van der Waals surface area contributed by atoms with Crippen molar-refractivity contribution < 1.29 is 19.4 Å². The third-order valence-electron chi connectivity index (χ3n) is 5.95. The monoisotopic (exact) mass is 490 g/mol. The zero-order valence-electron chi connectivity index (χ0n) is 19.7. The van der Waals surface area contributed by atoms with Crippen molar-refractivity contribution in [1.29, 1.82) is 0 Å². The van der Waals surface area contributed by atoms with E-state index in [0.29, 0.717) is 23.7 Å². The van der Waals surface area contributed by atoms with Gasteiger partial charge in [-0.1, -0.05) is 43.1 Å². The number of unbranched alkanes of at least 4 members (excludes halogenated alkanes) is 1. The minimum atomic E-state index is -0.912. The Balaban J connectivity index is 1.86. The molecule has 1 amide bonds. The molecular formula is C28H27ClN2O4. The number of carbonyl (C=O) groups excluding carboxylic acids is 2. The average molecular weight is 491 g/mol. The molecule has 180 valence electrons. The van der Waals surface area contributed by atoms with E-state index in [-0.39, 0.29) is 21.9 Å². The fourth-order valence-corrected chi connectivity index (χ4v) is 4.41. The molecule has 0 spiro atoms. The molecule has 1 aliphatic rings. The molecule has 1 aliphatic heterocycles. The highest BCUT2D eigenvalue weighted by atomic mass is 35.5. The van der Waals surface area contributed by atoms with Crippen molar-refractivity contribution in [2.24, 2.45) is 0 Å². The summed E-state index contributed by atoms with van der Waals surface area (Å²) < 4.78 is 5.54. The Morgan fingerprint density at radius 3 is 2.51 bits per heavy atom. The van der Waals surface area contributed by atoms with E-state index in [1.807, 2.05) is 31.2 Å². The number of hydrogen-bond acceptors (Lipinski definition) is 5. The van der Waals surface area contributed by atoms with Crippen molar-refractivity contribution in [3.63, 3.8) is 0 Å². The van der Waals surface area contributed by atoms with Crippen molar-refractivity contribution in [3.05, 3.63) is 94.3 Å². The summed E-state index contributed by atoms with van der Waals surface area (Å²) in [4.78, 5) is 32.4. The van der Waals surface area contributed by atoms with Gasteiger partial charge in [0, 0.05) is 17.4 Å². The van der Waals surface area contributed by atoms with Crippen LogP contribution in [0.1, 0.15) is 49.6 Å². The van der Waals surface area contributed by atoms with Crippen molar-refractivity contribution in [3.8, 4) is 5.75 Å². The number of aliphatic hydroxyl groups is 1.